The van der Waals surface area contributed by atoms with Crippen molar-refractivity contribution in [2.75, 3.05) is 11.9 Å². The number of nitrogens with one attached hydrogen (secondary N) is 1. The first kappa shape index (κ1) is 13.3. The van der Waals surface area contributed by atoms with Crippen LogP contribution in [0.3, 0.4) is 0 Å². The highest BCUT2D eigenvalue weighted by Crippen LogP contribution is 2.36. The highest BCUT2D eigenvalue weighted by molar-refractivity contribution is 7.16. The number of nitrogens with zero attached hydrogens (tertiary/aromatic N) is 2. The molecule has 0 radical (unpaired) electrons. The summed E-state index contributed by atoms with van der Waals surface area (Å²) in [4.78, 5) is 14.9. The number of hydrogen-bond donors (Lipinski definition) is 2. The molecule has 6 nitrogen and oxygen atoms in total. The van der Waals surface area contributed by atoms with Crippen molar-refractivity contribution in [1.82, 2.24) is 4.98 Å². The molecule has 1 heterocycles. The van der Waals surface area contributed by atoms with Gasteiger partial charge in [0.2, 0.25) is 0 Å². The molecule has 1 aliphatic rings. The zero-order valence-corrected chi connectivity index (χ0v) is 11.7. The number of nitro benzene ring substituents is 1. The summed E-state index contributed by atoms with van der Waals surface area (Å²) >= 11 is 1.38. The van der Waals surface area contributed by atoms with E-state index in [9.17, 15) is 15.2 Å². The average Bonchev–Trinajstić information content (AvgIpc) is 3.04. The Kier molecular flexibility index (Phi) is 3.31. The summed E-state index contributed by atoms with van der Waals surface area (Å²) in [6, 6.07) is 3.51. The molecule has 1 saturated carbocycles. The van der Waals surface area contributed by atoms with E-state index in [0.717, 1.165) is 30.4 Å². The normalized spacial score (nSPS) is 17.4. The van der Waals surface area contributed by atoms with Gasteiger partial charge in [0.15, 0.2) is 5.52 Å². The molecule has 0 unspecified atom stereocenters. The van der Waals surface area contributed by atoms with Gasteiger partial charge in [0.1, 0.15) is 5.69 Å². The van der Waals surface area contributed by atoms with Gasteiger partial charge in [-0.1, -0.05) is 12.8 Å². The SMILES string of the molecule is O=[N+]([O-])c1c(NCC2(O)CCCC2)ccc2scnc12. The first-order valence-electron chi connectivity index (χ1n) is 6.56. The van der Waals surface area contributed by atoms with E-state index in [4.69, 9.17) is 0 Å². The molecule has 7 heteroatoms. The van der Waals surface area contributed by atoms with Crippen LogP contribution in [0.15, 0.2) is 17.6 Å². The maximum Gasteiger partial charge on any atom is 0.319 e. The van der Waals surface area contributed by atoms with E-state index in [-0.39, 0.29) is 5.69 Å². The largest absolute Gasteiger partial charge is 0.388 e. The number of anilines is 1. The molecule has 3 rings (SSSR count). The van der Waals surface area contributed by atoms with Crippen LogP contribution in [0.4, 0.5) is 11.4 Å². The topological polar surface area (TPSA) is 88.3 Å². The van der Waals surface area contributed by atoms with Gasteiger partial charge in [-0.15, -0.1) is 11.3 Å². The van der Waals surface area contributed by atoms with Crippen LogP contribution in [0.25, 0.3) is 10.2 Å². The molecule has 1 fully saturated rings. The van der Waals surface area contributed by atoms with Gasteiger partial charge in [0.05, 0.1) is 20.7 Å². The number of thiazole rings is 1. The van der Waals surface area contributed by atoms with Crippen LogP contribution in [0.2, 0.25) is 0 Å². The number of fused-ring (bicyclic) bond motifs is 1. The summed E-state index contributed by atoms with van der Waals surface area (Å²) in [6.07, 6.45) is 3.50. The van der Waals surface area contributed by atoms with Crippen LogP contribution < -0.4 is 5.32 Å². The number of aliphatic hydroxyl groups is 1. The van der Waals surface area contributed by atoms with Gasteiger partial charge in [-0.2, -0.15) is 0 Å². The Hall–Kier alpha value is -1.73. The van der Waals surface area contributed by atoms with Crippen molar-refractivity contribution in [3.8, 4) is 0 Å². The lowest BCUT2D eigenvalue weighted by Gasteiger charge is -2.22. The third-order valence-electron chi connectivity index (χ3n) is 3.80. The van der Waals surface area contributed by atoms with Gasteiger partial charge < -0.3 is 10.4 Å². The third-order valence-corrected chi connectivity index (χ3v) is 4.59. The molecular formula is C13H15N3O3S. The predicted molar refractivity (Wildman–Crippen MR) is 78.2 cm³/mol. The van der Waals surface area contributed by atoms with Crippen molar-refractivity contribution in [2.24, 2.45) is 0 Å². The summed E-state index contributed by atoms with van der Waals surface area (Å²) in [5.41, 5.74) is 1.68. The first-order chi connectivity index (χ1) is 9.59. The molecule has 2 aromatic rings. The van der Waals surface area contributed by atoms with Crippen LogP contribution in [-0.2, 0) is 0 Å². The monoisotopic (exact) mass is 293 g/mol. The molecule has 1 aromatic carbocycles. The van der Waals surface area contributed by atoms with E-state index in [0.29, 0.717) is 17.7 Å². The molecule has 0 atom stereocenters. The molecule has 20 heavy (non-hydrogen) atoms. The van der Waals surface area contributed by atoms with Crippen LogP contribution in [0.1, 0.15) is 25.7 Å². The molecule has 0 bridgehead atoms. The van der Waals surface area contributed by atoms with Gasteiger partial charge >= 0.3 is 5.69 Å². The molecule has 0 aliphatic heterocycles. The van der Waals surface area contributed by atoms with E-state index >= 15 is 0 Å². The minimum atomic E-state index is -0.745. The van der Waals surface area contributed by atoms with Crippen molar-refractivity contribution < 1.29 is 10.0 Å². The van der Waals surface area contributed by atoms with Gasteiger partial charge in [-0.05, 0) is 25.0 Å². The maximum atomic E-state index is 11.3. The minimum Gasteiger partial charge on any atom is -0.388 e. The van der Waals surface area contributed by atoms with Crippen LogP contribution in [0, 0.1) is 10.1 Å². The van der Waals surface area contributed by atoms with Crippen molar-refractivity contribution in [3.05, 3.63) is 27.8 Å². The first-order valence-corrected chi connectivity index (χ1v) is 7.44. The Morgan fingerprint density at radius 2 is 2.20 bits per heavy atom. The van der Waals surface area contributed by atoms with E-state index in [2.05, 4.69) is 10.3 Å². The Balaban J connectivity index is 1.90. The molecule has 1 aromatic heterocycles. The second kappa shape index (κ2) is 4.99. The van der Waals surface area contributed by atoms with Gasteiger partial charge in [0, 0.05) is 6.54 Å². The lowest BCUT2D eigenvalue weighted by molar-refractivity contribution is -0.382. The molecule has 1 aliphatic carbocycles. The third kappa shape index (κ3) is 2.34. The fourth-order valence-electron chi connectivity index (χ4n) is 2.71. The summed E-state index contributed by atoms with van der Waals surface area (Å²) in [6.45, 7) is 0.337. The Labute approximate surface area is 119 Å². The van der Waals surface area contributed by atoms with Crippen LogP contribution >= 0.6 is 11.3 Å². The zero-order chi connectivity index (χ0) is 14.2. The maximum absolute atomic E-state index is 11.3. The fraction of sp³-hybridized carbons (Fsp3) is 0.462. The van der Waals surface area contributed by atoms with E-state index < -0.39 is 10.5 Å². The number of nitro groups is 1. The highest BCUT2D eigenvalue weighted by Gasteiger charge is 2.31. The second-order valence-electron chi connectivity index (χ2n) is 5.20. The van der Waals surface area contributed by atoms with E-state index in [1.54, 1.807) is 11.6 Å². The van der Waals surface area contributed by atoms with Crippen molar-refractivity contribution in [1.29, 1.82) is 0 Å². The molecular weight excluding hydrogens is 278 g/mol. The lowest BCUT2D eigenvalue weighted by atomic mass is 10.0. The molecule has 0 amide bonds. The number of aromatic nitrogens is 1. The number of rotatable bonds is 4. The summed E-state index contributed by atoms with van der Waals surface area (Å²) in [5.74, 6) is 0. The van der Waals surface area contributed by atoms with Gasteiger partial charge in [-0.25, -0.2) is 4.98 Å². The molecule has 2 N–H and O–H groups in total. The number of benzene rings is 1. The lowest BCUT2D eigenvalue weighted by Crippen LogP contribution is -2.33. The van der Waals surface area contributed by atoms with E-state index in [1.165, 1.54) is 11.3 Å². The Morgan fingerprint density at radius 3 is 2.90 bits per heavy atom. The van der Waals surface area contributed by atoms with Crippen LogP contribution in [0.5, 0.6) is 0 Å². The summed E-state index contributed by atoms with van der Waals surface area (Å²) < 4.78 is 0.793. The molecule has 0 spiro atoms. The van der Waals surface area contributed by atoms with E-state index in [1.807, 2.05) is 6.07 Å². The minimum absolute atomic E-state index is 0.00894. The Morgan fingerprint density at radius 1 is 1.45 bits per heavy atom. The van der Waals surface area contributed by atoms with Crippen molar-refractivity contribution in [3.63, 3.8) is 0 Å². The zero-order valence-electron chi connectivity index (χ0n) is 10.8. The smallest absolute Gasteiger partial charge is 0.319 e. The van der Waals surface area contributed by atoms with Gasteiger partial charge in [-0.3, -0.25) is 10.1 Å². The molecule has 106 valence electrons. The predicted octanol–water partition coefficient (Wildman–Crippen LogP) is 2.92. The quantitative estimate of drug-likeness (QED) is 0.668. The van der Waals surface area contributed by atoms with Crippen LogP contribution in [-0.4, -0.2) is 27.2 Å². The van der Waals surface area contributed by atoms with Gasteiger partial charge in [0.25, 0.3) is 0 Å². The number of hydrogen-bond acceptors (Lipinski definition) is 6. The van der Waals surface area contributed by atoms with Crippen molar-refractivity contribution in [2.45, 2.75) is 31.3 Å². The highest BCUT2D eigenvalue weighted by atomic mass is 32.1. The molecule has 0 saturated heterocycles. The standard InChI is InChI=1S/C13H15N3O3S/c17-13(5-1-2-6-13)7-14-9-3-4-10-11(15-8-20-10)12(9)16(18)19/h3-4,8,14,17H,1-2,5-7H2. The van der Waals surface area contributed by atoms with Crippen molar-refractivity contribution >= 4 is 32.9 Å². The Bertz CT molecular complexity index is 649. The fourth-order valence-corrected chi connectivity index (χ4v) is 3.39. The summed E-state index contributed by atoms with van der Waals surface area (Å²) in [5, 5.41) is 24.6. The second-order valence-corrected chi connectivity index (χ2v) is 6.09. The average molecular weight is 293 g/mol. The summed E-state index contributed by atoms with van der Waals surface area (Å²) in [7, 11) is 0.